The van der Waals surface area contributed by atoms with Crippen LogP contribution < -0.4 is 0 Å². The van der Waals surface area contributed by atoms with Gasteiger partial charge in [0.2, 0.25) is 0 Å². The van der Waals surface area contributed by atoms with Crippen LogP contribution in [0.3, 0.4) is 0 Å². The molecule has 3 fully saturated rings. The molecule has 0 radical (unpaired) electrons. The number of carboxylic acids is 1. The molecule has 0 spiro atoms. The van der Waals surface area contributed by atoms with Crippen molar-refractivity contribution in [3.05, 3.63) is 0 Å². The summed E-state index contributed by atoms with van der Waals surface area (Å²) in [6.45, 7) is 3.93. The maximum atomic E-state index is 11.6. The third-order valence-electron chi connectivity index (χ3n) is 5.74. The Kier molecular flexibility index (Phi) is 3.13. The highest BCUT2D eigenvalue weighted by atomic mass is 16.4. The van der Waals surface area contributed by atoms with Crippen LogP contribution >= 0.6 is 0 Å². The molecule has 1 N–H and O–H groups in total. The molecule has 4 atom stereocenters. The molecule has 1 heterocycles. The second-order valence-corrected chi connectivity index (χ2v) is 6.80. The van der Waals surface area contributed by atoms with Crippen LogP contribution in [0.1, 0.15) is 51.9 Å². The van der Waals surface area contributed by atoms with E-state index in [1.54, 1.807) is 0 Å². The molecular formula is C15H25NO2. The summed E-state index contributed by atoms with van der Waals surface area (Å²) in [5.41, 5.74) is -0.434. The highest BCUT2D eigenvalue weighted by Crippen LogP contribution is 2.49. The summed E-state index contributed by atoms with van der Waals surface area (Å²) in [6, 6.07) is 0.710. The maximum absolute atomic E-state index is 11.6. The number of likely N-dealkylation sites (tertiary alicyclic amines) is 1. The standard InChI is InChI=1S/C15H25NO2/c1-2-5-15(14(17)18)6-7-16(10-15)13-9-11-3-4-12(13)8-11/h11-13H,2-10H2,1H3,(H,17,18). The number of hydrogen-bond donors (Lipinski definition) is 1. The first kappa shape index (κ1) is 12.5. The molecule has 3 rings (SSSR count). The van der Waals surface area contributed by atoms with E-state index in [0.29, 0.717) is 6.04 Å². The predicted octanol–water partition coefficient (Wildman–Crippen LogP) is 2.75. The fraction of sp³-hybridized carbons (Fsp3) is 0.933. The fourth-order valence-electron chi connectivity index (χ4n) is 4.81. The van der Waals surface area contributed by atoms with Crippen molar-refractivity contribution < 1.29 is 9.90 Å². The lowest BCUT2D eigenvalue weighted by atomic mass is 9.82. The van der Waals surface area contributed by atoms with Gasteiger partial charge in [-0.25, -0.2) is 0 Å². The Morgan fingerprint density at radius 3 is 2.78 bits per heavy atom. The van der Waals surface area contributed by atoms with E-state index < -0.39 is 11.4 Å². The average molecular weight is 251 g/mol. The average Bonchev–Trinajstić information content (AvgIpc) is 3.03. The molecule has 0 aromatic carbocycles. The number of fused-ring (bicyclic) bond motifs is 2. The van der Waals surface area contributed by atoms with Crippen molar-refractivity contribution in [1.29, 1.82) is 0 Å². The second-order valence-electron chi connectivity index (χ2n) is 6.80. The van der Waals surface area contributed by atoms with Crippen molar-refractivity contribution in [3.63, 3.8) is 0 Å². The van der Waals surface area contributed by atoms with E-state index in [4.69, 9.17) is 0 Å². The summed E-state index contributed by atoms with van der Waals surface area (Å²) in [4.78, 5) is 14.1. The fourth-order valence-corrected chi connectivity index (χ4v) is 4.81. The smallest absolute Gasteiger partial charge is 0.310 e. The Morgan fingerprint density at radius 1 is 1.39 bits per heavy atom. The molecule has 1 saturated heterocycles. The normalized spacial score (nSPS) is 43.7. The van der Waals surface area contributed by atoms with Gasteiger partial charge in [0, 0.05) is 12.6 Å². The summed E-state index contributed by atoms with van der Waals surface area (Å²) in [5, 5.41) is 9.56. The van der Waals surface area contributed by atoms with Gasteiger partial charge in [-0.1, -0.05) is 19.8 Å². The minimum absolute atomic E-state index is 0.434. The van der Waals surface area contributed by atoms with Gasteiger partial charge in [-0.3, -0.25) is 9.69 Å². The van der Waals surface area contributed by atoms with E-state index in [-0.39, 0.29) is 0 Å². The van der Waals surface area contributed by atoms with Crippen LogP contribution in [0.2, 0.25) is 0 Å². The summed E-state index contributed by atoms with van der Waals surface area (Å²) in [5.74, 6) is 1.27. The SMILES string of the molecule is CCCC1(C(=O)O)CCN(C2CC3CCC2C3)C1. The quantitative estimate of drug-likeness (QED) is 0.835. The minimum atomic E-state index is -0.560. The molecule has 4 unspecified atom stereocenters. The Hall–Kier alpha value is -0.570. The molecule has 2 aliphatic carbocycles. The third kappa shape index (κ3) is 1.87. The largest absolute Gasteiger partial charge is 0.481 e. The second kappa shape index (κ2) is 4.52. The van der Waals surface area contributed by atoms with Gasteiger partial charge in [-0.05, 0) is 50.5 Å². The molecule has 3 heteroatoms. The number of carbonyl (C=O) groups is 1. The molecule has 18 heavy (non-hydrogen) atoms. The number of carboxylic acid groups (broad SMARTS) is 1. The third-order valence-corrected chi connectivity index (χ3v) is 5.74. The van der Waals surface area contributed by atoms with E-state index >= 15 is 0 Å². The van der Waals surface area contributed by atoms with Crippen LogP contribution in [0, 0.1) is 17.3 Å². The van der Waals surface area contributed by atoms with E-state index in [1.807, 2.05) is 0 Å². The van der Waals surface area contributed by atoms with Crippen molar-refractivity contribution in [3.8, 4) is 0 Å². The molecule has 0 aromatic rings. The molecule has 3 aliphatic rings. The molecule has 0 amide bonds. The monoisotopic (exact) mass is 251 g/mol. The van der Waals surface area contributed by atoms with Gasteiger partial charge in [-0.15, -0.1) is 0 Å². The van der Waals surface area contributed by atoms with Crippen molar-refractivity contribution in [2.75, 3.05) is 13.1 Å². The molecule has 1 aliphatic heterocycles. The minimum Gasteiger partial charge on any atom is -0.481 e. The van der Waals surface area contributed by atoms with Crippen molar-refractivity contribution in [1.82, 2.24) is 4.90 Å². The Morgan fingerprint density at radius 2 is 2.22 bits per heavy atom. The van der Waals surface area contributed by atoms with Crippen molar-refractivity contribution >= 4 is 5.97 Å². The van der Waals surface area contributed by atoms with E-state index in [2.05, 4.69) is 11.8 Å². The number of hydrogen-bond acceptors (Lipinski definition) is 2. The zero-order valence-electron chi connectivity index (χ0n) is 11.4. The highest BCUT2D eigenvalue weighted by molar-refractivity contribution is 5.75. The highest BCUT2D eigenvalue weighted by Gasteiger charge is 2.49. The van der Waals surface area contributed by atoms with Crippen molar-refractivity contribution in [2.45, 2.75) is 57.9 Å². The van der Waals surface area contributed by atoms with Gasteiger partial charge in [0.1, 0.15) is 0 Å². The maximum Gasteiger partial charge on any atom is 0.310 e. The summed E-state index contributed by atoms with van der Waals surface area (Å²) < 4.78 is 0. The van der Waals surface area contributed by atoms with Gasteiger partial charge in [0.25, 0.3) is 0 Å². The molecule has 2 saturated carbocycles. The lowest BCUT2D eigenvalue weighted by Crippen LogP contribution is -2.41. The van der Waals surface area contributed by atoms with Crippen LogP contribution in [-0.4, -0.2) is 35.1 Å². The van der Waals surface area contributed by atoms with Crippen LogP contribution in [-0.2, 0) is 4.79 Å². The molecule has 3 nitrogen and oxygen atoms in total. The number of nitrogens with zero attached hydrogens (tertiary/aromatic N) is 1. The van der Waals surface area contributed by atoms with E-state index in [1.165, 1.54) is 25.7 Å². The lowest BCUT2D eigenvalue weighted by molar-refractivity contribution is -0.148. The van der Waals surface area contributed by atoms with Crippen LogP contribution in [0.4, 0.5) is 0 Å². The van der Waals surface area contributed by atoms with Gasteiger partial charge < -0.3 is 5.11 Å². The molecule has 0 aromatic heterocycles. The van der Waals surface area contributed by atoms with Crippen LogP contribution in [0.15, 0.2) is 0 Å². The number of aliphatic carboxylic acids is 1. The zero-order chi connectivity index (χ0) is 12.8. The Balaban J connectivity index is 1.68. The Labute approximate surface area is 110 Å². The first-order valence-electron chi connectivity index (χ1n) is 7.62. The molecule has 102 valence electrons. The molecule has 2 bridgehead atoms. The van der Waals surface area contributed by atoms with Gasteiger partial charge in [-0.2, -0.15) is 0 Å². The summed E-state index contributed by atoms with van der Waals surface area (Å²) in [7, 11) is 0. The zero-order valence-corrected chi connectivity index (χ0v) is 11.4. The lowest BCUT2D eigenvalue weighted by Gasteiger charge is -2.33. The van der Waals surface area contributed by atoms with Crippen LogP contribution in [0.25, 0.3) is 0 Å². The van der Waals surface area contributed by atoms with E-state index in [0.717, 1.165) is 44.2 Å². The summed E-state index contributed by atoms with van der Waals surface area (Å²) in [6.07, 6.45) is 8.26. The predicted molar refractivity (Wildman–Crippen MR) is 70.4 cm³/mol. The first-order valence-corrected chi connectivity index (χ1v) is 7.62. The van der Waals surface area contributed by atoms with Crippen molar-refractivity contribution in [2.24, 2.45) is 17.3 Å². The van der Waals surface area contributed by atoms with Gasteiger partial charge in [0.05, 0.1) is 5.41 Å². The Bertz CT molecular complexity index is 343. The van der Waals surface area contributed by atoms with E-state index in [9.17, 15) is 9.90 Å². The van der Waals surface area contributed by atoms with Crippen LogP contribution in [0.5, 0.6) is 0 Å². The number of rotatable bonds is 4. The summed E-state index contributed by atoms with van der Waals surface area (Å²) >= 11 is 0. The first-order chi connectivity index (χ1) is 8.64. The van der Waals surface area contributed by atoms with Gasteiger partial charge >= 0.3 is 5.97 Å². The topological polar surface area (TPSA) is 40.5 Å². The molecular weight excluding hydrogens is 226 g/mol. The van der Waals surface area contributed by atoms with Gasteiger partial charge in [0.15, 0.2) is 0 Å².